The van der Waals surface area contributed by atoms with Crippen molar-refractivity contribution in [2.45, 2.75) is 84.7 Å². The Morgan fingerprint density at radius 1 is 0.875 bits per heavy atom. The average Bonchev–Trinajstić information content (AvgIpc) is 2.55. The maximum Gasteiger partial charge on any atom is 0.334 e. The minimum absolute atomic E-state index is 0.217. The van der Waals surface area contributed by atoms with Crippen molar-refractivity contribution in [3.63, 3.8) is 0 Å². The number of Topliss-reactive ketones (excluding diaryl/α,β-unsaturated/α-hetero) is 1. The van der Waals surface area contributed by atoms with Gasteiger partial charge in [0.05, 0.1) is 0 Å². The highest BCUT2D eigenvalue weighted by Gasteiger charge is 2.30. The number of hydrogen-bond acceptors (Lipinski definition) is 5. The summed E-state index contributed by atoms with van der Waals surface area (Å²) in [5.74, 6) is 0.453. The van der Waals surface area contributed by atoms with E-state index in [2.05, 4.69) is 13.5 Å². The monoisotopic (exact) mass is 376 g/mol. The van der Waals surface area contributed by atoms with E-state index in [1.165, 1.54) is 25.7 Å². The fraction of sp³-hybridized carbons (Fsp3) is 0.889. The number of rotatable bonds is 16. The van der Waals surface area contributed by atoms with Crippen LogP contribution in [0.2, 0.25) is 12.6 Å². The average molecular weight is 377 g/mol. The number of thioether (sulfide) groups is 1. The molecule has 0 fully saturated rings. The molecule has 0 N–H and O–H groups in total. The summed E-state index contributed by atoms with van der Waals surface area (Å²) in [6.07, 6.45) is 8.03. The van der Waals surface area contributed by atoms with E-state index in [9.17, 15) is 9.59 Å². The standard InChI is InChI=1S/C18H36O4SSi/c1-5-8-9-10-11-12-14-17(19)18(20)23-15-13-16-24(4,21-6-2)22-7-3/h5-16H2,1-4H3. The molecule has 0 aromatic heterocycles. The van der Waals surface area contributed by atoms with Gasteiger partial charge in [0.15, 0.2) is 0 Å². The minimum Gasteiger partial charge on any atom is -0.395 e. The van der Waals surface area contributed by atoms with Crippen LogP contribution in [0.25, 0.3) is 0 Å². The second kappa shape index (κ2) is 15.1. The number of ketones is 1. The predicted octanol–water partition coefficient (Wildman–Crippen LogP) is 5.10. The third kappa shape index (κ3) is 12.2. The van der Waals surface area contributed by atoms with Gasteiger partial charge in [0.1, 0.15) is 0 Å². The fourth-order valence-corrected chi connectivity index (χ4v) is 6.01. The van der Waals surface area contributed by atoms with Crippen LogP contribution in [-0.2, 0) is 18.4 Å². The van der Waals surface area contributed by atoms with Gasteiger partial charge < -0.3 is 8.85 Å². The Kier molecular flexibility index (Phi) is 15.0. The van der Waals surface area contributed by atoms with Crippen molar-refractivity contribution in [2.24, 2.45) is 0 Å². The summed E-state index contributed by atoms with van der Waals surface area (Å²) < 4.78 is 11.5. The van der Waals surface area contributed by atoms with Gasteiger partial charge in [-0.15, -0.1) is 0 Å². The molecule has 0 aliphatic heterocycles. The Balaban J connectivity index is 3.81. The molecule has 0 radical (unpaired) electrons. The summed E-state index contributed by atoms with van der Waals surface area (Å²) in [6.45, 7) is 9.52. The highest BCUT2D eigenvalue weighted by atomic mass is 32.2. The third-order valence-electron chi connectivity index (χ3n) is 3.89. The largest absolute Gasteiger partial charge is 0.395 e. The molecule has 4 nitrogen and oxygen atoms in total. The number of carbonyl (C=O) groups is 2. The van der Waals surface area contributed by atoms with E-state index < -0.39 is 8.56 Å². The Bertz CT molecular complexity index is 344. The third-order valence-corrected chi connectivity index (χ3v) is 7.94. The van der Waals surface area contributed by atoms with Crippen LogP contribution in [0.15, 0.2) is 0 Å². The molecule has 0 aliphatic rings. The van der Waals surface area contributed by atoms with Crippen LogP contribution in [-0.4, -0.2) is 38.4 Å². The SMILES string of the molecule is CCCCCCCCC(=O)C(=O)SCCC[Si](C)(OCC)OCC. The van der Waals surface area contributed by atoms with Gasteiger partial charge >= 0.3 is 8.56 Å². The Labute approximate surface area is 153 Å². The van der Waals surface area contributed by atoms with E-state index in [0.717, 1.165) is 37.1 Å². The summed E-state index contributed by atoms with van der Waals surface area (Å²) in [4.78, 5) is 23.7. The van der Waals surface area contributed by atoms with Gasteiger partial charge in [-0.1, -0.05) is 50.8 Å². The normalized spacial score (nSPS) is 11.7. The van der Waals surface area contributed by atoms with Crippen molar-refractivity contribution in [3.8, 4) is 0 Å². The van der Waals surface area contributed by atoms with Crippen molar-refractivity contribution in [2.75, 3.05) is 19.0 Å². The first kappa shape index (κ1) is 23.8. The molecule has 0 unspecified atom stereocenters. The lowest BCUT2D eigenvalue weighted by Crippen LogP contribution is -2.38. The number of unbranched alkanes of at least 4 members (excludes halogenated alkanes) is 5. The number of carbonyl (C=O) groups excluding carboxylic acids is 2. The molecule has 0 amide bonds. The smallest absolute Gasteiger partial charge is 0.334 e. The molecular weight excluding hydrogens is 340 g/mol. The summed E-state index contributed by atoms with van der Waals surface area (Å²) >= 11 is 1.16. The molecule has 0 rings (SSSR count). The quantitative estimate of drug-likeness (QED) is 0.213. The predicted molar refractivity (Wildman–Crippen MR) is 105 cm³/mol. The molecule has 0 saturated heterocycles. The Morgan fingerprint density at radius 2 is 1.46 bits per heavy atom. The lowest BCUT2D eigenvalue weighted by atomic mass is 10.1. The molecule has 0 aromatic rings. The maximum absolute atomic E-state index is 11.8. The lowest BCUT2D eigenvalue weighted by Gasteiger charge is -2.25. The van der Waals surface area contributed by atoms with Crippen LogP contribution in [0.1, 0.15) is 72.1 Å². The van der Waals surface area contributed by atoms with Crippen LogP contribution in [0.5, 0.6) is 0 Å². The van der Waals surface area contributed by atoms with E-state index in [0.29, 0.717) is 25.4 Å². The second-order valence-electron chi connectivity index (χ2n) is 6.18. The molecule has 0 aliphatic carbocycles. The molecule has 0 spiro atoms. The highest BCUT2D eigenvalue weighted by molar-refractivity contribution is 8.15. The lowest BCUT2D eigenvalue weighted by molar-refractivity contribution is -0.131. The van der Waals surface area contributed by atoms with Gasteiger partial charge in [0.25, 0.3) is 5.12 Å². The molecule has 0 aromatic carbocycles. The van der Waals surface area contributed by atoms with Crippen LogP contribution in [0, 0.1) is 0 Å². The van der Waals surface area contributed by atoms with Gasteiger partial charge in [-0.05, 0) is 39.3 Å². The first-order chi connectivity index (χ1) is 11.5. The van der Waals surface area contributed by atoms with Crippen LogP contribution in [0.3, 0.4) is 0 Å². The molecule has 0 bridgehead atoms. The molecule has 0 saturated carbocycles. The maximum atomic E-state index is 11.8. The fourth-order valence-electron chi connectivity index (χ4n) is 2.60. The van der Waals surface area contributed by atoms with Crippen molar-refractivity contribution < 1.29 is 18.4 Å². The van der Waals surface area contributed by atoms with E-state index in [-0.39, 0.29) is 10.9 Å². The van der Waals surface area contributed by atoms with Gasteiger partial charge in [0, 0.05) is 25.4 Å². The molecule has 6 heteroatoms. The van der Waals surface area contributed by atoms with Gasteiger partial charge in [-0.25, -0.2) is 0 Å². The topological polar surface area (TPSA) is 52.6 Å². The van der Waals surface area contributed by atoms with E-state index in [1.54, 1.807) is 0 Å². The molecule has 142 valence electrons. The van der Waals surface area contributed by atoms with Crippen LogP contribution >= 0.6 is 11.8 Å². The molecule has 24 heavy (non-hydrogen) atoms. The van der Waals surface area contributed by atoms with Crippen molar-refractivity contribution in [1.82, 2.24) is 0 Å². The zero-order valence-corrected chi connectivity index (χ0v) is 17.8. The molecule has 0 atom stereocenters. The Morgan fingerprint density at radius 3 is 2.04 bits per heavy atom. The van der Waals surface area contributed by atoms with E-state index in [1.807, 2.05) is 13.8 Å². The zero-order chi connectivity index (χ0) is 18.3. The van der Waals surface area contributed by atoms with Gasteiger partial charge in [-0.3, -0.25) is 9.59 Å². The van der Waals surface area contributed by atoms with Crippen molar-refractivity contribution in [1.29, 1.82) is 0 Å². The minimum atomic E-state index is -2.10. The van der Waals surface area contributed by atoms with Crippen LogP contribution < -0.4 is 0 Å². The van der Waals surface area contributed by atoms with Crippen molar-refractivity contribution >= 4 is 31.2 Å². The highest BCUT2D eigenvalue weighted by Crippen LogP contribution is 2.19. The summed E-state index contributed by atoms with van der Waals surface area (Å²) in [6, 6.07) is 0.862. The van der Waals surface area contributed by atoms with Gasteiger partial charge in [0.2, 0.25) is 5.78 Å². The summed E-state index contributed by atoms with van der Waals surface area (Å²) in [5.41, 5.74) is 0. The van der Waals surface area contributed by atoms with Crippen molar-refractivity contribution in [3.05, 3.63) is 0 Å². The van der Waals surface area contributed by atoms with E-state index >= 15 is 0 Å². The first-order valence-electron chi connectivity index (χ1n) is 9.47. The summed E-state index contributed by atoms with van der Waals surface area (Å²) in [7, 11) is -2.10. The number of hydrogen-bond donors (Lipinski definition) is 0. The summed E-state index contributed by atoms with van der Waals surface area (Å²) in [5, 5.41) is -0.278. The van der Waals surface area contributed by atoms with E-state index in [4.69, 9.17) is 8.85 Å². The van der Waals surface area contributed by atoms with Gasteiger partial charge in [-0.2, -0.15) is 0 Å². The zero-order valence-electron chi connectivity index (χ0n) is 16.0. The molecule has 0 heterocycles. The molecular formula is C18H36O4SSi. The second-order valence-corrected chi connectivity index (χ2v) is 10.6. The van der Waals surface area contributed by atoms with Crippen LogP contribution in [0.4, 0.5) is 0 Å². The first-order valence-corrected chi connectivity index (χ1v) is 13.0. The Hall–Kier alpha value is -0.173.